The fraction of sp³-hybridized carbons (Fsp3) is 0.600. The van der Waals surface area contributed by atoms with E-state index in [0.717, 1.165) is 11.3 Å². The van der Waals surface area contributed by atoms with E-state index in [1.807, 2.05) is 19.9 Å². The lowest BCUT2D eigenvalue weighted by Gasteiger charge is -2.39. The number of aliphatic hydroxyl groups is 1. The molecule has 0 amide bonds. The average Bonchev–Trinajstić information content (AvgIpc) is 2.40. The van der Waals surface area contributed by atoms with Crippen LogP contribution in [0.1, 0.15) is 31.0 Å². The molecule has 1 saturated heterocycles. The highest BCUT2D eigenvalue weighted by Gasteiger charge is 2.27. The maximum atomic E-state index is 13.8. The molecule has 0 saturated carbocycles. The van der Waals surface area contributed by atoms with Crippen molar-refractivity contribution < 1.29 is 14.2 Å². The van der Waals surface area contributed by atoms with Crippen molar-refractivity contribution >= 4 is 5.69 Å². The summed E-state index contributed by atoms with van der Waals surface area (Å²) in [4.78, 5) is 2.13. The molecule has 4 nitrogen and oxygen atoms in total. The lowest BCUT2D eigenvalue weighted by atomic mass is 10.0. The smallest absolute Gasteiger partial charge is 0.126 e. The lowest BCUT2D eigenvalue weighted by Crippen LogP contribution is -2.48. The van der Waals surface area contributed by atoms with Crippen molar-refractivity contribution in [1.29, 1.82) is 0 Å². The zero-order chi connectivity index (χ0) is 14.9. The van der Waals surface area contributed by atoms with E-state index in [1.165, 1.54) is 6.07 Å². The van der Waals surface area contributed by atoms with Gasteiger partial charge in [-0.25, -0.2) is 4.39 Å². The van der Waals surface area contributed by atoms with Gasteiger partial charge in [0.25, 0.3) is 0 Å². The van der Waals surface area contributed by atoms with Crippen molar-refractivity contribution in [3.63, 3.8) is 0 Å². The van der Waals surface area contributed by atoms with Gasteiger partial charge in [0.05, 0.1) is 18.8 Å². The Labute approximate surface area is 119 Å². The minimum atomic E-state index is -0.245. The molecule has 0 aliphatic carbocycles. The molecule has 0 aromatic heterocycles. The van der Waals surface area contributed by atoms with Gasteiger partial charge in [-0.3, -0.25) is 0 Å². The van der Waals surface area contributed by atoms with Crippen molar-refractivity contribution in [2.24, 2.45) is 5.73 Å². The second-order valence-corrected chi connectivity index (χ2v) is 5.61. The van der Waals surface area contributed by atoms with Crippen LogP contribution in [-0.4, -0.2) is 37.0 Å². The number of anilines is 1. The maximum Gasteiger partial charge on any atom is 0.126 e. The predicted molar refractivity (Wildman–Crippen MR) is 77.4 cm³/mol. The van der Waals surface area contributed by atoms with Crippen molar-refractivity contribution in [1.82, 2.24) is 0 Å². The number of morpholine rings is 1. The molecule has 1 aromatic carbocycles. The van der Waals surface area contributed by atoms with Gasteiger partial charge in [-0.2, -0.15) is 0 Å². The van der Waals surface area contributed by atoms with Crippen LogP contribution >= 0.6 is 0 Å². The molecule has 0 radical (unpaired) electrons. The van der Waals surface area contributed by atoms with Gasteiger partial charge in [0, 0.05) is 24.8 Å². The molecule has 1 fully saturated rings. The molecule has 20 heavy (non-hydrogen) atoms. The van der Waals surface area contributed by atoms with E-state index in [9.17, 15) is 9.50 Å². The maximum absolute atomic E-state index is 13.8. The fourth-order valence-electron chi connectivity index (χ4n) is 2.66. The first kappa shape index (κ1) is 15.2. The van der Waals surface area contributed by atoms with Crippen LogP contribution in [0.3, 0.4) is 0 Å². The Morgan fingerprint density at radius 1 is 1.50 bits per heavy atom. The Kier molecular flexibility index (Phi) is 4.62. The number of nitrogens with zero attached hydrogens (tertiary/aromatic N) is 1. The van der Waals surface area contributed by atoms with Crippen LogP contribution in [0.2, 0.25) is 0 Å². The Balaban J connectivity index is 2.37. The quantitative estimate of drug-likeness (QED) is 0.886. The van der Waals surface area contributed by atoms with Crippen molar-refractivity contribution in [2.45, 2.75) is 39.0 Å². The average molecular weight is 282 g/mol. The molecular weight excluding hydrogens is 259 g/mol. The third-order valence-electron chi connectivity index (χ3n) is 3.67. The summed E-state index contributed by atoms with van der Waals surface area (Å²) in [5.74, 6) is -0.235. The van der Waals surface area contributed by atoms with Gasteiger partial charge < -0.3 is 20.5 Å². The van der Waals surface area contributed by atoms with Crippen LogP contribution < -0.4 is 10.6 Å². The second-order valence-electron chi connectivity index (χ2n) is 5.61. The minimum Gasteiger partial charge on any atom is -0.394 e. The zero-order valence-electron chi connectivity index (χ0n) is 12.3. The summed E-state index contributed by atoms with van der Waals surface area (Å²) >= 11 is 0. The van der Waals surface area contributed by atoms with Crippen LogP contribution in [0.25, 0.3) is 0 Å². The second kappa shape index (κ2) is 6.08. The van der Waals surface area contributed by atoms with Crippen LogP contribution in [-0.2, 0) is 4.74 Å². The number of aryl methyl sites for hydroxylation is 1. The molecule has 0 bridgehead atoms. The summed E-state index contributed by atoms with van der Waals surface area (Å²) in [6.07, 6.45) is -0.197. The van der Waals surface area contributed by atoms with E-state index >= 15 is 0 Å². The van der Waals surface area contributed by atoms with E-state index in [2.05, 4.69) is 4.90 Å². The molecular formula is C15H23FN2O2. The number of aliphatic hydroxyl groups excluding tert-OH is 1. The highest BCUT2D eigenvalue weighted by molar-refractivity contribution is 5.57. The number of halogens is 1. The molecule has 2 unspecified atom stereocenters. The molecule has 2 rings (SSSR count). The summed E-state index contributed by atoms with van der Waals surface area (Å²) < 4.78 is 19.4. The van der Waals surface area contributed by atoms with Gasteiger partial charge in [-0.15, -0.1) is 0 Å². The van der Waals surface area contributed by atoms with Crippen LogP contribution in [0.4, 0.5) is 10.1 Å². The zero-order valence-corrected chi connectivity index (χ0v) is 12.3. The van der Waals surface area contributed by atoms with Gasteiger partial charge in [0.1, 0.15) is 5.82 Å². The number of rotatable bonds is 3. The summed E-state index contributed by atoms with van der Waals surface area (Å²) in [5.41, 5.74) is 8.30. The van der Waals surface area contributed by atoms with Crippen LogP contribution in [0.15, 0.2) is 12.1 Å². The number of ether oxygens (including phenoxy) is 1. The molecule has 5 heteroatoms. The van der Waals surface area contributed by atoms with E-state index in [4.69, 9.17) is 10.5 Å². The summed E-state index contributed by atoms with van der Waals surface area (Å²) in [7, 11) is 0. The highest BCUT2D eigenvalue weighted by Crippen LogP contribution is 2.30. The summed E-state index contributed by atoms with van der Waals surface area (Å²) in [6.45, 7) is 6.84. The standard InChI is InChI=1S/C15H23FN2O2/c1-9-4-15(13(11(3)17)5-14(9)16)18-6-10(2)20-12(7-18)8-19/h4-5,10-12,19H,6-8,17H2,1-3H3/t10?,11-,12?/m0/s1. The Hall–Kier alpha value is -1.17. The normalized spacial score (nSPS) is 24.8. The van der Waals surface area contributed by atoms with E-state index in [-0.39, 0.29) is 30.7 Å². The fourth-order valence-corrected chi connectivity index (χ4v) is 2.66. The van der Waals surface area contributed by atoms with Crippen LogP contribution in [0.5, 0.6) is 0 Å². The molecule has 1 heterocycles. The van der Waals surface area contributed by atoms with E-state index < -0.39 is 0 Å². The summed E-state index contributed by atoms with van der Waals surface area (Å²) in [5, 5.41) is 9.31. The van der Waals surface area contributed by atoms with Crippen molar-refractivity contribution in [3.8, 4) is 0 Å². The first-order chi connectivity index (χ1) is 9.42. The van der Waals surface area contributed by atoms with Crippen molar-refractivity contribution in [2.75, 3.05) is 24.6 Å². The predicted octanol–water partition coefficient (Wildman–Crippen LogP) is 1.74. The molecule has 3 N–H and O–H groups in total. The first-order valence-corrected chi connectivity index (χ1v) is 6.99. The van der Waals surface area contributed by atoms with Crippen molar-refractivity contribution in [3.05, 3.63) is 29.1 Å². The number of hydrogen-bond donors (Lipinski definition) is 2. The van der Waals surface area contributed by atoms with Crippen LogP contribution in [0, 0.1) is 12.7 Å². The van der Waals surface area contributed by atoms with Gasteiger partial charge in [-0.1, -0.05) is 0 Å². The molecule has 0 spiro atoms. The largest absolute Gasteiger partial charge is 0.394 e. The Morgan fingerprint density at radius 3 is 2.80 bits per heavy atom. The topological polar surface area (TPSA) is 58.7 Å². The number of hydrogen-bond acceptors (Lipinski definition) is 4. The third-order valence-corrected chi connectivity index (χ3v) is 3.67. The molecule has 1 aliphatic rings. The van der Waals surface area contributed by atoms with E-state index in [1.54, 1.807) is 6.92 Å². The number of benzene rings is 1. The lowest BCUT2D eigenvalue weighted by molar-refractivity contribution is -0.0421. The highest BCUT2D eigenvalue weighted by atomic mass is 19.1. The van der Waals surface area contributed by atoms with Gasteiger partial charge >= 0.3 is 0 Å². The Morgan fingerprint density at radius 2 is 2.20 bits per heavy atom. The van der Waals surface area contributed by atoms with Gasteiger partial charge in [-0.05, 0) is 44.0 Å². The molecule has 1 aliphatic heterocycles. The van der Waals surface area contributed by atoms with Gasteiger partial charge in [0.2, 0.25) is 0 Å². The SMILES string of the molecule is Cc1cc(N2CC(C)OC(CO)C2)c([C@H](C)N)cc1F. The molecule has 1 aromatic rings. The molecule has 3 atom stereocenters. The van der Waals surface area contributed by atoms with E-state index in [0.29, 0.717) is 18.7 Å². The van der Waals surface area contributed by atoms with Gasteiger partial charge in [0.15, 0.2) is 0 Å². The molecule has 112 valence electrons. The number of nitrogens with two attached hydrogens (primary N) is 1. The Bertz CT molecular complexity index is 479. The third kappa shape index (κ3) is 3.11. The minimum absolute atomic E-state index is 0.0193. The summed E-state index contributed by atoms with van der Waals surface area (Å²) in [6, 6.07) is 3.11. The first-order valence-electron chi connectivity index (χ1n) is 6.99. The monoisotopic (exact) mass is 282 g/mol.